The highest BCUT2D eigenvalue weighted by atomic mass is 127. The molecule has 30 heavy (non-hydrogen) atoms. The minimum Gasteiger partial charge on any atom is -0.368 e. The second-order valence-corrected chi connectivity index (χ2v) is 6.94. The number of nitrogens with one attached hydrogen (secondary N) is 2. The molecule has 1 heterocycles. The van der Waals surface area contributed by atoms with E-state index in [0.717, 1.165) is 44.2 Å². The highest BCUT2D eigenvalue weighted by molar-refractivity contribution is 14.0. The monoisotopic (exact) mass is 525 g/mol. The molecular formula is C22H29FIN5O. The Morgan fingerprint density at radius 3 is 2.30 bits per heavy atom. The molecule has 1 amide bonds. The number of anilines is 1. The van der Waals surface area contributed by atoms with Crippen molar-refractivity contribution in [2.24, 2.45) is 4.99 Å². The molecular weight excluding hydrogens is 496 g/mol. The third-order valence-electron chi connectivity index (χ3n) is 4.97. The number of rotatable bonds is 6. The third-order valence-corrected chi connectivity index (χ3v) is 4.97. The summed E-state index contributed by atoms with van der Waals surface area (Å²) in [4.78, 5) is 20.8. The number of carbonyl (C=O) groups excluding carboxylic acids is 1. The lowest BCUT2D eigenvalue weighted by molar-refractivity contribution is -0.120. The van der Waals surface area contributed by atoms with E-state index in [-0.39, 0.29) is 42.2 Å². The fraction of sp³-hybridized carbons (Fsp3) is 0.364. The first-order valence-corrected chi connectivity index (χ1v) is 9.92. The largest absolute Gasteiger partial charge is 0.368 e. The Morgan fingerprint density at radius 2 is 1.67 bits per heavy atom. The summed E-state index contributed by atoms with van der Waals surface area (Å²) in [7, 11) is 1.72. The number of guanidine groups is 1. The smallest absolute Gasteiger partial charge is 0.239 e. The van der Waals surface area contributed by atoms with Crippen molar-refractivity contribution in [3.8, 4) is 0 Å². The first kappa shape index (κ1) is 23.9. The molecule has 8 heteroatoms. The van der Waals surface area contributed by atoms with Crippen LogP contribution < -0.4 is 15.5 Å². The molecule has 3 rings (SSSR count). The molecule has 2 aromatic rings. The normalized spacial score (nSPS) is 14.1. The molecule has 1 aliphatic rings. The van der Waals surface area contributed by atoms with Crippen LogP contribution in [0.5, 0.6) is 0 Å². The lowest BCUT2D eigenvalue weighted by atomic mass is 10.1. The van der Waals surface area contributed by atoms with Gasteiger partial charge in [0.05, 0.1) is 6.54 Å². The van der Waals surface area contributed by atoms with Gasteiger partial charge in [0.1, 0.15) is 5.82 Å². The van der Waals surface area contributed by atoms with E-state index in [0.29, 0.717) is 6.54 Å². The van der Waals surface area contributed by atoms with E-state index in [1.54, 1.807) is 19.2 Å². The van der Waals surface area contributed by atoms with Crippen LogP contribution in [-0.4, -0.2) is 63.1 Å². The standard InChI is InChI=1S/C22H28FN5O.HI/c1-24-22(26-17-21(29)25-12-11-18-5-3-2-4-6-18)28-15-13-27(14-16-28)20-9-7-19(23)8-10-20;/h2-10H,11-17H2,1H3,(H,24,26)(H,25,29);1H. The number of halogens is 2. The van der Waals surface area contributed by atoms with Crippen LogP contribution in [0.2, 0.25) is 0 Å². The van der Waals surface area contributed by atoms with Crippen molar-refractivity contribution in [3.05, 3.63) is 66.0 Å². The average molecular weight is 525 g/mol. The number of piperazine rings is 1. The topological polar surface area (TPSA) is 60.0 Å². The van der Waals surface area contributed by atoms with E-state index in [9.17, 15) is 9.18 Å². The van der Waals surface area contributed by atoms with E-state index in [4.69, 9.17) is 0 Å². The fourth-order valence-electron chi connectivity index (χ4n) is 3.37. The van der Waals surface area contributed by atoms with Crippen LogP contribution in [0.3, 0.4) is 0 Å². The molecule has 0 aliphatic carbocycles. The van der Waals surface area contributed by atoms with Crippen LogP contribution in [0.1, 0.15) is 5.56 Å². The van der Waals surface area contributed by atoms with Crippen LogP contribution in [0.4, 0.5) is 10.1 Å². The van der Waals surface area contributed by atoms with Gasteiger partial charge >= 0.3 is 0 Å². The maximum absolute atomic E-state index is 13.1. The summed E-state index contributed by atoms with van der Waals surface area (Å²) in [5.74, 6) is 0.452. The van der Waals surface area contributed by atoms with Gasteiger partial charge in [0.25, 0.3) is 0 Å². The van der Waals surface area contributed by atoms with Gasteiger partial charge in [0.15, 0.2) is 5.96 Å². The van der Waals surface area contributed by atoms with Gasteiger partial charge in [-0.1, -0.05) is 30.3 Å². The van der Waals surface area contributed by atoms with Crippen molar-refractivity contribution in [3.63, 3.8) is 0 Å². The fourth-order valence-corrected chi connectivity index (χ4v) is 3.37. The predicted molar refractivity (Wildman–Crippen MR) is 130 cm³/mol. The molecule has 1 fully saturated rings. The molecule has 0 radical (unpaired) electrons. The molecule has 0 bridgehead atoms. The zero-order valence-corrected chi connectivity index (χ0v) is 19.5. The second kappa shape index (κ2) is 12.4. The summed E-state index contributed by atoms with van der Waals surface area (Å²) in [5, 5.41) is 6.08. The summed E-state index contributed by atoms with van der Waals surface area (Å²) < 4.78 is 13.1. The lowest BCUT2D eigenvalue weighted by Crippen LogP contribution is -2.53. The van der Waals surface area contributed by atoms with E-state index in [2.05, 4.69) is 37.6 Å². The maximum Gasteiger partial charge on any atom is 0.239 e. The van der Waals surface area contributed by atoms with E-state index in [1.807, 2.05) is 18.2 Å². The van der Waals surface area contributed by atoms with E-state index < -0.39 is 0 Å². The molecule has 1 aliphatic heterocycles. The first-order chi connectivity index (χ1) is 14.2. The van der Waals surface area contributed by atoms with Crippen LogP contribution in [0, 0.1) is 5.82 Å². The molecule has 0 aromatic heterocycles. The van der Waals surface area contributed by atoms with Crippen LogP contribution in [0.25, 0.3) is 0 Å². The van der Waals surface area contributed by atoms with Crippen LogP contribution >= 0.6 is 24.0 Å². The molecule has 0 spiro atoms. The number of nitrogens with zero attached hydrogens (tertiary/aromatic N) is 3. The molecule has 162 valence electrons. The van der Waals surface area contributed by atoms with Gasteiger partial charge < -0.3 is 20.4 Å². The Balaban J connectivity index is 0.00000320. The summed E-state index contributed by atoms with van der Waals surface area (Å²) >= 11 is 0. The summed E-state index contributed by atoms with van der Waals surface area (Å²) in [6.07, 6.45) is 0.812. The third kappa shape index (κ3) is 7.16. The Hall–Kier alpha value is -2.36. The first-order valence-electron chi connectivity index (χ1n) is 9.92. The van der Waals surface area contributed by atoms with Crippen molar-refractivity contribution < 1.29 is 9.18 Å². The minimum absolute atomic E-state index is 0. The van der Waals surface area contributed by atoms with Gasteiger partial charge in [0.2, 0.25) is 5.91 Å². The summed E-state index contributed by atoms with van der Waals surface area (Å²) in [5.41, 5.74) is 2.22. The van der Waals surface area contributed by atoms with Gasteiger partial charge in [-0.15, -0.1) is 24.0 Å². The zero-order chi connectivity index (χ0) is 20.5. The van der Waals surface area contributed by atoms with Crippen molar-refractivity contribution >= 4 is 41.5 Å². The Kier molecular flexibility index (Phi) is 9.85. The summed E-state index contributed by atoms with van der Waals surface area (Å²) in [6.45, 7) is 4.00. The number of aliphatic imine (C=N–C) groups is 1. The molecule has 0 saturated carbocycles. The molecule has 6 nitrogen and oxygen atoms in total. The van der Waals surface area contributed by atoms with E-state index >= 15 is 0 Å². The number of hydrogen-bond acceptors (Lipinski definition) is 3. The summed E-state index contributed by atoms with van der Waals surface area (Å²) in [6, 6.07) is 16.7. The highest BCUT2D eigenvalue weighted by Crippen LogP contribution is 2.16. The highest BCUT2D eigenvalue weighted by Gasteiger charge is 2.20. The molecule has 2 aromatic carbocycles. The zero-order valence-electron chi connectivity index (χ0n) is 17.2. The van der Waals surface area contributed by atoms with Crippen molar-refractivity contribution in [1.82, 2.24) is 15.5 Å². The molecule has 0 atom stereocenters. The molecule has 1 saturated heterocycles. The van der Waals surface area contributed by atoms with Crippen molar-refractivity contribution in [1.29, 1.82) is 0 Å². The van der Waals surface area contributed by atoms with Gasteiger partial charge in [-0.05, 0) is 36.2 Å². The Labute approximate surface area is 194 Å². The number of amides is 1. The van der Waals surface area contributed by atoms with Crippen molar-refractivity contribution in [2.75, 3.05) is 51.2 Å². The van der Waals surface area contributed by atoms with Gasteiger partial charge in [-0.2, -0.15) is 0 Å². The van der Waals surface area contributed by atoms with Gasteiger partial charge in [-0.3, -0.25) is 9.79 Å². The maximum atomic E-state index is 13.1. The Morgan fingerprint density at radius 1 is 1.00 bits per heavy atom. The SMILES string of the molecule is CN=C(NCC(=O)NCCc1ccccc1)N1CCN(c2ccc(F)cc2)CC1.I. The average Bonchev–Trinajstić information content (AvgIpc) is 2.76. The Bertz CT molecular complexity index is 808. The lowest BCUT2D eigenvalue weighted by Gasteiger charge is -2.37. The molecule has 0 unspecified atom stereocenters. The van der Waals surface area contributed by atoms with Gasteiger partial charge in [0, 0.05) is 45.5 Å². The van der Waals surface area contributed by atoms with Crippen LogP contribution in [0.15, 0.2) is 59.6 Å². The number of benzene rings is 2. The number of carbonyl (C=O) groups is 1. The second-order valence-electron chi connectivity index (χ2n) is 6.94. The predicted octanol–water partition coefficient (Wildman–Crippen LogP) is 2.50. The quantitative estimate of drug-likeness (QED) is 0.346. The van der Waals surface area contributed by atoms with Crippen LogP contribution in [-0.2, 0) is 11.2 Å². The minimum atomic E-state index is -0.223. The molecule has 2 N–H and O–H groups in total. The van der Waals surface area contributed by atoms with Gasteiger partial charge in [-0.25, -0.2) is 4.39 Å². The van der Waals surface area contributed by atoms with E-state index in [1.165, 1.54) is 17.7 Å². The van der Waals surface area contributed by atoms with Crippen molar-refractivity contribution in [2.45, 2.75) is 6.42 Å². The number of hydrogen-bond donors (Lipinski definition) is 2.